The van der Waals surface area contributed by atoms with E-state index >= 15 is 0 Å². The molecule has 4 N–H and O–H groups in total. The van der Waals surface area contributed by atoms with Gasteiger partial charge in [-0.05, 0) is 19.9 Å². The molecule has 1 atom stereocenters. The molecule has 0 aliphatic carbocycles. The Kier molecular flexibility index (Phi) is 4.89. The number of rotatable bonds is 5. The quantitative estimate of drug-likeness (QED) is 0.508. The van der Waals surface area contributed by atoms with Crippen molar-refractivity contribution in [1.29, 1.82) is 0 Å². The predicted octanol–water partition coefficient (Wildman–Crippen LogP) is -2.20. The maximum atomic E-state index is 11.7. The number of likely N-dealkylation sites (N-methyl/N-ethyl adjacent to an activating group) is 1. The van der Waals surface area contributed by atoms with Crippen molar-refractivity contribution in [3.05, 3.63) is 0 Å². The number of carbonyl (C=O) groups is 3. The standard InChI is InChI=1S/C10H18N4O3/c1-12-6-9(16)14-4-2-3-7(14)10(17)13-5-8(11)15/h7,12H,2-6H2,1H3,(H2,11,15)(H,13,17). The van der Waals surface area contributed by atoms with Crippen molar-refractivity contribution in [3.8, 4) is 0 Å². The van der Waals surface area contributed by atoms with Crippen LogP contribution in [0.3, 0.4) is 0 Å². The van der Waals surface area contributed by atoms with Gasteiger partial charge in [0.1, 0.15) is 6.04 Å². The van der Waals surface area contributed by atoms with Gasteiger partial charge in [-0.1, -0.05) is 0 Å². The van der Waals surface area contributed by atoms with E-state index in [2.05, 4.69) is 10.6 Å². The van der Waals surface area contributed by atoms with Crippen LogP contribution < -0.4 is 16.4 Å². The molecule has 17 heavy (non-hydrogen) atoms. The van der Waals surface area contributed by atoms with E-state index in [-0.39, 0.29) is 24.9 Å². The van der Waals surface area contributed by atoms with Gasteiger partial charge in [0, 0.05) is 6.54 Å². The summed E-state index contributed by atoms with van der Waals surface area (Å²) in [6, 6.07) is -0.477. The number of carbonyl (C=O) groups excluding carboxylic acids is 3. The predicted molar refractivity (Wildman–Crippen MR) is 60.9 cm³/mol. The average molecular weight is 242 g/mol. The van der Waals surface area contributed by atoms with Crippen LogP contribution in [-0.4, -0.2) is 55.3 Å². The molecule has 7 heteroatoms. The van der Waals surface area contributed by atoms with Gasteiger partial charge in [-0.25, -0.2) is 0 Å². The van der Waals surface area contributed by atoms with Crippen molar-refractivity contribution in [1.82, 2.24) is 15.5 Å². The highest BCUT2D eigenvalue weighted by molar-refractivity contribution is 5.91. The average Bonchev–Trinajstić information content (AvgIpc) is 2.75. The van der Waals surface area contributed by atoms with E-state index in [0.29, 0.717) is 13.0 Å². The molecule has 0 bridgehead atoms. The zero-order valence-corrected chi connectivity index (χ0v) is 9.86. The van der Waals surface area contributed by atoms with Crippen molar-refractivity contribution < 1.29 is 14.4 Å². The number of hydrogen-bond acceptors (Lipinski definition) is 4. The van der Waals surface area contributed by atoms with Gasteiger partial charge in [0.25, 0.3) is 0 Å². The molecule has 0 saturated carbocycles. The van der Waals surface area contributed by atoms with Gasteiger partial charge in [0.05, 0.1) is 13.1 Å². The lowest BCUT2D eigenvalue weighted by Crippen LogP contribution is -2.49. The van der Waals surface area contributed by atoms with Crippen LogP contribution in [0.25, 0.3) is 0 Å². The highest BCUT2D eigenvalue weighted by Crippen LogP contribution is 2.17. The molecule has 96 valence electrons. The van der Waals surface area contributed by atoms with Crippen molar-refractivity contribution in [2.45, 2.75) is 18.9 Å². The molecular weight excluding hydrogens is 224 g/mol. The summed E-state index contributed by atoms with van der Waals surface area (Å²) in [7, 11) is 1.68. The van der Waals surface area contributed by atoms with Crippen molar-refractivity contribution in [3.63, 3.8) is 0 Å². The third-order valence-electron chi connectivity index (χ3n) is 2.64. The first-order valence-electron chi connectivity index (χ1n) is 5.56. The van der Waals surface area contributed by atoms with E-state index in [1.54, 1.807) is 7.05 Å². The minimum Gasteiger partial charge on any atom is -0.368 e. The number of hydrogen-bond donors (Lipinski definition) is 3. The van der Waals surface area contributed by atoms with E-state index in [1.807, 2.05) is 0 Å². The fourth-order valence-corrected chi connectivity index (χ4v) is 1.88. The molecule has 7 nitrogen and oxygen atoms in total. The van der Waals surface area contributed by atoms with Crippen LogP contribution in [0, 0.1) is 0 Å². The Labute approximate surface area is 99.7 Å². The topological polar surface area (TPSA) is 105 Å². The van der Waals surface area contributed by atoms with Gasteiger partial charge in [-0.15, -0.1) is 0 Å². The molecule has 1 saturated heterocycles. The molecule has 1 fully saturated rings. The largest absolute Gasteiger partial charge is 0.368 e. The van der Waals surface area contributed by atoms with Crippen LogP contribution in [0.1, 0.15) is 12.8 Å². The lowest BCUT2D eigenvalue weighted by atomic mass is 10.2. The zero-order chi connectivity index (χ0) is 12.8. The summed E-state index contributed by atoms with van der Waals surface area (Å²) in [5.41, 5.74) is 4.94. The van der Waals surface area contributed by atoms with Crippen molar-refractivity contribution in [2.24, 2.45) is 5.73 Å². The second-order valence-electron chi connectivity index (χ2n) is 3.96. The van der Waals surface area contributed by atoms with E-state index in [4.69, 9.17) is 5.73 Å². The minimum absolute atomic E-state index is 0.107. The van der Waals surface area contributed by atoms with Crippen LogP contribution in [0.4, 0.5) is 0 Å². The Hall–Kier alpha value is -1.63. The fourth-order valence-electron chi connectivity index (χ4n) is 1.88. The third-order valence-corrected chi connectivity index (χ3v) is 2.64. The summed E-state index contributed by atoms with van der Waals surface area (Å²) in [5, 5.41) is 5.18. The SMILES string of the molecule is CNCC(=O)N1CCCC1C(=O)NCC(N)=O. The molecule has 0 spiro atoms. The van der Waals surface area contributed by atoms with Crippen LogP contribution in [0.15, 0.2) is 0 Å². The van der Waals surface area contributed by atoms with E-state index in [1.165, 1.54) is 4.90 Å². The van der Waals surface area contributed by atoms with E-state index in [9.17, 15) is 14.4 Å². The van der Waals surface area contributed by atoms with Crippen molar-refractivity contribution >= 4 is 17.7 Å². The summed E-state index contributed by atoms with van der Waals surface area (Å²) in [5.74, 6) is -1.01. The summed E-state index contributed by atoms with van der Waals surface area (Å²) >= 11 is 0. The number of likely N-dealkylation sites (tertiary alicyclic amines) is 1. The zero-order valence-electron chi connectivity index (χ0n) is 9.86. The molecule has 0 aromatic carbocycles. The summed E-state index contributed by atoms with van der Waals surface area (Å²) in [4.78, 5) is 35.5. The van der Waals surface area contributed by atoms with E-state index in [0.717, 1.165) is 6.42 Å². The minimum atomic E-state index is -0.593. The molecule has 1 rings (SSSR count). The Bertz CT molecular complexity index is 319. The third kappa shape index (κ3) is 3.70. The van der Waals surface area contributed by atoms with Gasteiger partial charge in [-0.3, -0.25) is 14.4 Å². The van der Waals surface area contributed by atoms with Gasteiger partial charge >= 0.3 is 0 Å². The normalized spacial score (nSPS) is 19.1. The summed E-state index contributed by atoms with van der Waals surface area (Å²) in [6.07, 6.45) is 1.42. The van der Waals surface area contributed by atoms with Crippen LogP contribution in [0.2, 0.25) is 0 Å². The second-order valence-corrected chi connectivity index (χ2v) is 3.96. The lowest BCUT2D eigenvalue weighted by molar-refractivity contribution is -0.138. The molecule has 0 radical (unpaired) electrons. The smallest absolute Gasteiger partial charge is 0.243 e. The molecule has 1 aliphatic heterocycles. The first kappa shape index (κ1) is 13.4. The maximum absolute atomic E-state index is 11.7. The van der Waals surface area contributed by atoms with Crippen LogP contribution >= 0.6 is 0 Å². The molecule has 0 aromatic rings. The van der Waals surface area contributed by atoms with Gasteiger partial charge in [0.2, 0.25) is 17.7 Å². The maximum Gasteiger partial charge on any atom is 0.243 e. The summed E-state index contributed by atoms with van der Waals surface area (Å²) in [6.45, 7) is 0.595. The lowest BCUT2D eigenvalue weighted by Gasteiger charge is -2.23. The number of nitrogens with zero attached hydrogens (tertiary/aromatic N) is 1. The van der Waals surface area contributed by atoms with Gasteiger partial charge in [-0.2, -0.15) is 0 Å². The molecule has 1 unspecified atom stereocenters. The number of nitrogens with two attached hydrogens (primary N) is 1. The Balaban J connectivity index is 2.53. The monoisotopic (exact) mass is 242 g/mol. The molecule has 3 amide bonds. The number of nitrogens with one attached hydrogen (secondary N) is 2. The molecule has 1 aliphatic rings. The number of primary amides is 1. The first-order valence-corrected chi connectivity index (χ1v) is 5.56. The second kappa shape index (κ2) is 6.19. The highest BCUT2D eigenvalue weighted by atomic mass is 16.2. The van der Waals surface area contributed by atoms with Crippen LogP contribution in [-0.2, 0) is 14.4 Å². The molecule has 1 heterocycles. The van der Waals surface area contributed by atoms with Crippen LogP contribution in [0.5, 0.6) is 0 Å². The first-order chi connectivity index (χ1) is 8.06. The van der Waals surface area contributed by atoms with Gasteiger partial charge in [0.15, 0.2) is 0 Å². The van der Waals surface area contributed by atoms with Crippen molar-refractivity contribution in [2.75, 3.05) is 26.7 Å². The summed E-state index contributed by atoms with van der Waals surface area (Å²) < 4.78 is 0. The highest BCUT2D eigenvalue weighted by Gasteiger charge is 2.33. The molecule has 0 aromatic heterocycles. The number of amides is 3. The Morgan fingerprint density at radius 3 is 2.65 bits per heavy atom. The van der Waals surface area contributed by atoms with E-state index < -0.39 is 11.9 Å². The molecular formula is C10H18N4O3. The fraction of sp³-hybridized carbons (Fsp3) is 0.700. The van der Waals surface area contributed by atoms with Gasteiger partial charge < -0.3 is 21.3 Å². The Morgan fingerprint density at radius 1 is 1.35 bits per heavy atom. The Morgan fingerprint density at radius 2 is 2.06 bits per heavy atom.